The first-order valence-corrected chi connectivity index (χ1v) is 11.9. The first kappa shape index (κ1) is 23.5. The van der Waals surface area contributed by atoms with Crippen LogP contribution in [-0.4, -0.2) is 41.9 Å². The van der Waals surface area contributed by atoms with E-state index < -0.39 is 0 Å². The zero-order valence-electron chi connectivity index (χ0n) is 19.9. The number of nitrogens with zero attached hydrogens (tertiary/aromatic N) is 2. The summed E-state index contributed by atoms with van der Waals surface area (Å²) < 4.78 is 18.8. The van der Waals surface area contributed by atoms with Gasteiger partial charge in [0.25, 0.3) is 5.91 Å². The molecule has 2 heterocycles. The number of rotatable bonds is 5. The number of hydrogen-bond acceptors (Lipinski definition) is 4. The summed E-state index contributed by atoms with van der Waals surface area (Å²) in [5, 5.41) is 3.73. The standard InChI is InChI=1S/C29H26FN3O3/c1-36-27-9-5-4-8-25(27)32-28(34)20-14-16-33(17-15-20)29(35)23-18-26(19-10-12-21(30)13-11-19)31-24-7-3-2-6-22(23)24/h2-13,18,20H,14-17H2,1H3,(H,32,34). The highest BCUT2D eigenvalue weighted by Crippen LogP contribution is 2.29. The molecule has 182 valence electrons. The number of nitrogens with one attached hydrogen (secondary N) is 1. The number of aromatic nitrogens is 1. The third-order valence-electron chi connectivity index (χ3n) is 6.60. The van der Waals surface area contributed by atoms with Gasteiger partial charge in [-0.2, -0.15) is 0 Å². The molecular formula is C29H26FN3O3. The molecule has 4 aromatic rings. The summed E-state index contributed by atoms with van der Waals surface area (Å²) in [6.45, 7) is 0.955. The van der Waals surface area contributed by atoms with Gasteiger partial charge in [-0.3, -0.25) is 9.59 Å². The number of pyridine rings is 1. The minimum absolute atomic E-state index is 0.0699. The molecule has 1 saturated heterocycles. The number of likely N-dealkylation sites (tertiary alicyclic amines) is 1. The fourth-order valence-corrected chi connectivity index (χ4v) is 4.62. The molecule has 3 aromatic carbocycles. The average Bonchev–Trinajstić information content (AvgIpc) is 2.93. The fraction of sp³-hybridized carbons (Fsp3) is 0.207. The number of anilines is 1. The Morgan fingerprint density at radius 2 is 1.67 bits per heavy atom. The number of fused-ring (bicyclic) bond motifs is 1. The van der Waals surface area contributed by atoms with Gasteiger partial charge < -0.3 is 15.0 Å². The highest BCUT2D eigenvalue weighted by atomic mass is 19.1. The number of benzene rings is 3. The van der Waals surface area contributed by atoms with Gasteiger partial charge in [-0.05, 0) is 61.4 Å². The van der Waals surface area contributed by atoms with Gasteiger partial charge in [0, 0.05) is 30.0 Å². The summed E-state index contributed by atoms with van der Waals surface area (Å²) >= 11 is 0. The van der Waals surface area contributed by atoms with Crippen LogP contribution in [0.25, 0.3) is 22.2 Å². The van der Waals surface area contributed by atoms with Crippen molar-refractivity contribution < 1.29 is 18.7 Å². The van der Waals surface area contributed by atoms with Crippen LogP contribution in [0.15, 0.2) is 78.9 Å². The molecule has 5 rings (SSSR count). The Morgan fingerprint density at radius 3 is 2.42 bits per heavy atom. The first-order valence-electron chi connectivity index (χ1n) is 11.9. The molecule has 2 amide bonds. The van der Waals surface area contributed by atoms with Crippen molar-refractivity contribution in [2.24, 2.45) is 5.92 Å². The number of carbonyl (C=O) groups is 2. The van der Waals surface area contributed by atoms with Gasteiger partial charge >= 0.3 is 0 Å². The normalized spacial score (nSPS) is 14.0. The van der Waals surface area contributed by atoms with Gasteiger partial charge in [0.05, 0.1) is 29.6 Å². The van der Waals surface area contributed by atoms with Gasteiger partial charge in [-0.25, -0.2) is 9.37 Å². The van der Waals surface area contributed by atoms with E-state index in [1.807, 2.05) is 42.5 Å². The maximum absolute atomic E-state index is 13.6. The summed E-state index contributed by atoms with van der Waals surface area (Å²) in [7, 11) is 1.57. The molecule has 0 spiro atoms. The van der Waals surface area contributed by atoms with Crippen LogP contribution in [-0.2, 0) is 4.79 Å². The number of carbonyl (C=O) groups excluding carboxylic acids is 2. The van der Waals surface area contributed by atoms with Crippen molar-refractivity contribution in [1.29, 1.82) is 0 Å². The molecule has 1 fully saturated rings. The number of hydrogen-bond donors (Lipinski definition) is 1. The van der Waals surface area contributed by atoms with E-state index in [1.54, 1.807) is 36.3 Å². The van der Waals surface area contributed by atoms with Crippen LogP contribution in [0.4, 0.5) is 10.1 Å². The van der Waals surface area contributed by atoms with Crippen molar-refractivity contribution in [3.63, 3.8) is 0 Å². The topological polar surface area (TPSA) is 71.5 Å². The Morgan fingerprint density at radius 1 is 0.972 bits per heavy atom. The molecule has 36 heavy (non-hydrogen) atoms. The van der Waals surface area contributed by atoms with E-state index >= 15 is 0 Å². The summed E-state index contributed by atoms with van der Waals surface area (Å²) in [6.07, 6.45) is 1.14. The molecule has 0 saturated carbocycles. The molecule has 0 atom stereocenters. The Kier molecular flexibility index (Phi) is 6.62. The number of ether oxygens (including phenoxy) is 1. The van der Waals surface area contributed by atoms with Crippen LogP contribution in [0.2, 0.25) is 0 Å². The summed E-state index contributed by atoms with van der Waals surface area (Å²) in [5.74, 6) is -0.0727. The van der Waals surface area contributed by atoms with E-state index in [4.69, 9.17) is 9.72 Å². The van der Waals surface area contributed by atoms with Crippen LogP contribution in [0, 0.1) is 11.7 Å². The van der Waals surface area contributed by atoms with Crippen molar-refractivity contribution in [1.82, 2.24) is 9.88 Å². The third kappa shape index (κ3) is 4.77. The monoisotopic (exact) mass is 483 g/mol. The first-order chi connectivity index (χ1) is 17.5. The second-order valence-corrected chi connectivity index (χ2v) is 8.84. The Balaban J connectivity index is 1.34. The predicted molar refractivity (Wildman–Crippen MR) is 137 cm³/mol. The summed E-state index contributed by atoms with van der Waals surface area (Å²) in [5.41, 5.74) is 3.25. The summed E-state index contributed by atoms with van der Waals surface area (Å²) in [4.78, 5) is 33.0. The van der Waals surface area contributed by atoms with Gasteiger partial charge in [-0.15, -0.1) is 0 Å². The molecule has 0 bridgehead atoms. The van der Waals surface area contributed by atoms with Crippen LogP contribution in [0.5, 0.6) is 5.75 Å². The molecule has 0 radical (unpaired) electrons. The minimum Gasteiger partial charge on any atom is -0.495 e. The van der Waals surface area contributed by atoms with Gasteiger partial charge in [-0.1, -0.05) is 30.3 Å². The number of methoxy groups -OCH3 is 1. The number of piperidine rings is 1. The molecular weight excluding hydrogens is 457 g/mol. The molecule has 1 aliphatic heterocycles. The van der Waals surface area contributed by atoms with Gasteiger partial charge in [0.1, 0.15) is 11.6 Å². The van der Waals surface area contributed by atoms with E-state index in [9.17, 15) is 14.0 Å². The Hall–Kier alpha value is -4.26. The molecule has 1 aliphatic rings. The van der Waals surface area contributed by atoms with E-state index in [0.29, 0.717) is 54.1 Å². The van der Waals surface area contributed by atoms with Crippen LogP contribution in [0.1, 0.15) is 23.2 Å². The Labute approximate surface area is 208 Å². The lowest BCUT2D eigenvalue weighted by Crippen LogP contribution is -2.41. The van der Waals surface area contributed by atoms with Gasteiger partial charge in [0.2, 0.25) is 5.91 Å². The second kappa shape index (κ2) is 10.2. The SMILES string of the molecule is COc1ccccc1NC(=O)C1CCN(C(=O)c2cc(-c3ccc(F)cc3)nc3ccccc23)CC1. The number of halogens is 1. The van der Waals surface area contributed by atoms with Gasteiger partial charge in [0.15, 0.2) is 0 Å². The Bertz CT molecular complexity index is 1410. The van der Waals surface area contributed by atoms with Crippen molar-refractivity contribution >= 4 is 28.4 Å². The van der Waals surface area contributed by atoms with Crippen LogP contribution >= 0.6 is 0 Å². The predicted octanol–water partition coefficient (Wildman–Crippen LogP) is 5.54. The molecule has 6 nitrogen and oxygen atoms in total. The molecule has 1 aromatic heterocycles. The van der Waals surface area contributed by atoms with E-state index in [-0.39, 0.29) is 23.5 Å². The summed E-state index contributed by atoms with van der Waals surface area (Å²) in [6, 6.07) is 22.7. The zero-order valence-corrected chi connectivity index (χ0v) is 19.9. The fourth-order valence-electron chi connectivity index (χ4n) is 4.62. The maximum atomic E-state index is 13.6. The largest absolute Gasteiger partial charge is 0.495 e. The lowest BCUT2D eigenvalue weighted by Gasteiger charge is -2.31. The molecule has 0 aliphatic carbocycles. The molecule has 1 N–H and O–H groups in total. The minimum atomic E-state index is -0.326. The quantitative estimate of drug-likeness (QED) is 0.405. The van der Waals surface area contributed by atoms with E-state index in [2.05, 4.69) is 5.32 Å². The third-order valence-corrected chi connectivity index (χ3v) is 6.60. The van der Waals surface area contributed by atoms with E-state index in [1.165, 1.54) is 12.1 Å². The number of amides is 2. The van der Waals surface area contributed by atoms with Crippen molar-refractivity contribution in [3.8, 4) is 17.0 Å². The maximum Gasteiger partial charge on any atom is 0.254 e. The lowest BCUT2D eigenvalue weighted by molar-refractivity contribution is -0.121. The molecule has 7 heteroatoms. The van der Waals surface area contributed by atoms with Crippen molar-refractivity contribution in [3.05, 3.63) is 90.2 Å². The average molecular weight is 484 g/mol. The van der Waals surface area contributed by atoms with Crippen molar-refractivity contribution in [2.45, 2.75) is 12.8 Å². The highest BCUT2D eigenvalue weighted by molar-refractivity contribution is 6.07. The van der Waals surface area contributed by atoms with Crippen molar-refractivity contribution in [2.75, 3.05) is 25.5 Å². The van der Waals surface area contributed by atoms with Crippen LogP contribution < -0.4 is 10.1 Å². The zero-order chi connectivity index (χ0) is 25.1. The highest BCUT2D eigenvalue weighted by Gasteiger charge is 2.29. The van der Waals surface area contributed by atoms with E-state index in [0.717, 1.165) is 10.9 Å². The molecule has 0 unspecified atom stereocenters. The smallest absolute Gasteiger partial charge is 0.254 e. The van der Waals surface area contributed by atoms with Crippen LogP contribution in [0.3, 0.4) is 0 Å². The second-order valence-electron chi connectivity index (χ2n) is 8.84. The lowest BCUT2D eigenvalue weighted by atomic mass is 9.94. The number of para-hydroxylation sites is 3.